The molecule has 1 aromatic carbocycles. The summed E-state index contributed by atoms with van der Waals surface area (Å²) in [6.45, 7) is 5.46. The van der Waals surface area contributed by atoms with Crippen LogP contribution < -0.4 is 14.8 Å². The summed E-state index contributed by atoms with van der Waals surface area (Å²) < 4.78 is 32.8. The van der Waals surface area contributed by atoms with Crippen molar-refractivity contribution in [1.82, 2.24) is 10.0 Å². The minimum absolute atomic E-state index is 0.0673. The van der Waals surface area contributed by atoms with Crippen molar-refractivity contribution in [2.24, 2.45) is 17.8 Å². The van der Waals surface area contributed by atoms with Gasteiger partial charge < -0.3 is 10.1 Å². The normalized spacial score (nSPS) is 32.8. The standard InChI is InChI=1S/C22H31ClN2O4S/c1-13-7-17(23)5-6-18(13)29-21(2,3)20(26)24-19-15-8-14-9-16(19)12-22(10-14,11-15)25-30(4,27)28/h5-7,14-16,19,25H,8-12H2,1-4H3,(H,24,26)/t14?,15-,16+,19?,22?. The Labute approximate surface area is 184 Å². The number of sulfonamides is 1. The van der Waals surface area contributed by atoms with E-state index in [9.17, 15) is 13.2 Å². The molecule has 8 heteroatoms. The number of carbonyl (C=O) groups excluding carboxylic acids is 1. The number of rotatable bonds is 6. The number of aryl methyl sites for hydroxylation is 1. The third-order valence-electron chi connectivity index (χ3n) is 7.02. The number of ether oxygens (including phenoxy) is 1. The molecule has 5 atom stereocenters. The summed E-state index contributed by atoms with van der Waals surface area (Å²) in [5.74, 6) is 1.62. The molecule has 4 saturated carbocycles. The highest BCUT2D eigenvalue weighted by Gasteiger charge is 2.57. The topological polar surface area (TPSA) is 84.5 Å². The zero-order valence-electron chi connectivity index (χ0n) is 18.0. The SMILES string of the molecule is Cc1cc(Cl)ccc1OC(C)(C)C(=O)NC1[C@@H]2CC3C[C@H]1CC(NS(C)(=O)=O)(C3)C2. The molecule has 6 nitrogen and oxygen atoms in total. The molecule has 4 aliphatic carbocycles. The lowest BCUT2D eigenvalue weighted by Crippen LogP contribution is -2.67. The Morgan fingerprint density at radius 2 is 1.83 bits per heavy atom. The summed E-state index contributed by atoms with van der Waals surface area (Å²) in [6.07, 6.45) is 5.82. The number of benzene rings is 1. The smallest absolute Gasteiger partial charge is 0.263 e. The zero-order chi connectivity index (χ0) is 21.9. The highest BCUT2D eigenvalue weighted by molar-refractivity contribution is 7.88. The van der Waals surface area contributed by atoms with Crippen LogP contribution in [0, 0.1) is 24.7 Å². The van der Waals surface area contributed by atoms with Crippen LogP contribution in [0.1, 0.15) is 51.5 Å². The van der Waals surface area contributed by atoms with Crippen LogP contribution >= 0.6 is 11.6 Å². The monoisotopic (exact) mass is 454 g/mol. The first kappa shape index (κ1) is 21.9. The minimum atomic E-state index is -3.26. The maximum Gasteiger partial charge on any atom is 0.263 e. The van der Waals surface area contributed by atoms with E-state index in [4.69, 9.17) is 16.3 Å². The maximum atomic E-state index is 13.2. The Balaban J connectivity index is 1.46. The Morgan fingerprint density at radius 3 is 2.40 bits per heavy atom. The van der Waals surface area contributed by atoms with Gasteiger partial charge in [-0.15, -0.1) is 0 Å². The quantitative estimate of drug-likeness (QED) is 0.689. The van der Waals surface area contributed by atoms with Crippen LogP contribution in [-0.4, -0.2) is 37.8 Å². The molecule has 30 heavy (non-hydrogen) atoms. The molecule has 4 bridgehead atoms. The fraction of sp³-hybridized carbons (Fsp3) is 0.682. The van der Waals surface area contributed by atoms with Crippen LogP contribution in [0.25, 0.3) is 0 Å². The molecule has 4 fully saturated rings. The van der Waals surface area contributed by atoms with E-state index < -0.39 is 15.6 Å². The molecule has 0 aliphatic heterocycles. The number of nitrogens with one attached hydrogen (secondary N) is 2. The van der Waals surface area contributed by atoms with Crippen LogP contribution in [0.2, 0.25) is 5.02 Å². The molecule has 166 valence electrons. The van der Waals surface area contributed by atoms with Gasteiger partial charge in [-0.05, 0) is 94.4 Å². The number of halogens is 1. The summed E-state index contributed by atoms with van der Waals surface area (Å²) in [4.78, 5) is 13.2. The van der Waals surface area contributed by atoms with Gasteiger partial charge in [-0.3, -0.25) is 4.79 Å². The predicted octanol–water partition coefficient (Wildman–Crippen LogP) is 3.42. The van der Waals surface area contributed by atoms with Crippen molar-refractivity contribution in [3.05, 3.63) is 28.8 Å². The lowest BCUT2D eigenvalue weighted by molar-refractivity contribution is -0.138. The molecule has 0 radical (unpaired) electrons. The predicted molar refractivity (Wildman–Crippen MR) is 117 cm³/mol. The summed E-state index contributed by atoms with van der Waals surface area (Å²) in [5, 5.41) is 3.90. The molecule has 0 spiro atoms. The fourth-order valence-electron chi connectivity index (χ4n) is 6.15. The van der Waals surface area contributed by atoms with Crippen molar-refractivity contribution in [3.8, 4) is 5.75 Å². The number of amides is 1. The fourth-order valence-corrected chi connectivity index (χ4v) is 7.42. The highest BCUT2D eigenvalue weighted by atomic mass is 35.5. The van der Waals surface area contributed by atoms with Gasteiger partial charge in [0.05, 0.1) is 6.26 Å². The van der Waals surface area contributed by atoms with Crippen molar-refractivity contribution >= 4 is 27.5 Å². The first-order chi connectivity index (χ1) is 13.9. The minimum Gasteiger partial charge on any atom is -0.478 e. The van der Waals surface area contributed by atoms with Gasteiger partial charge in [0, 0.05) is 16.6 Å². The zero-order valence-corrected chi connectivity index (χ0v) is 19.6. The van der Waals surface area contributed by atoms with Crippen LogP contribution in [-0.2, 0) is 14.8 Å². The first-order valence-corrected chi connectivity index (χ1v) is 12.9. The third kappa shape index (κ3) is 4.34. The molecule has 1 amide bonds. The number of hydrogen-bond acceptors (Lipinski definition) is 4. The van der Waals surface area contributed by atoms with E-state index in [0.29, 0.717) is 28.5 Å². The van der Waals surface area contributed by atoms with Gasteiger partial charge in [-0.25, -0.2) is 13.1 Å². The van der Waals surface area contributed by atoms with E-state index in [1.165, 1.54) is 6.26 Å². The van der Waals surface area contributed by atoms with Gasteiger partial charge >= 0.3 is 0 Å². The molecule has 0 saturated heterocycles. The molecule has 3 unspecified atom stereocenters. The van der Waals surface area contributed by atoms with Crippen LogP contribution in [0.15, 0.2) is 18.2 Å². The van der Waals surface area contributed by atoms with E-state index in [2.05, 4.69) is 10.0 Å². The van der Waals surface area contributed by atoms with E-state index in [1.807, 2.05) is 13.0 Å². The third-order valence-corrected chi connectivity index (χ3v) is 8.06. The molecule has 5 rings (SSSR count). The van der Waals surface area contributed by atoms with Crippen molar-refractivity contribution in [2.75, 3.05) is 6.26 Å². The van der Waals surface area contributed by atoms with Gasteiger partial charge in [-0.2, -0.15) is 0 Å². The Bertz CT molecular complexity index is 946. The molecule has 0 heterocycles. The lowest BCUT2D eigenvalue weighted by Gasteiger charge is -2.60. The summed E-state index contributed by atoms with van der Waals surface area (Å²) >= 11 is 6.02. The summed E-state index contributed by atoms with van der Waals surface area (Å²) in [6, 6.07) is 5.43. The second-order valence-corrected chi connectivity index (χ2v) is 12.3. The average molecular weight is 455 g/mol. The van der Waals surface area contributed by atoms with Crippen LogP contribution in [0.4, 0.5) is 0 Å². The second-order valence-electron chi connectivity index (χ2n) is 10.1. The molecular weight excluding hydrogens is 424 g/mol. The van der Waals surface area contributed by atoms with E-state index in [0.717, 1.165) is 37.7 Å². The van der Waals surface area contributed by atoms with E-state index in [1.54, 1.807) is 26.0 Å². The van der Waals surface area contributed by atoms with Crippen molar-refractivity contribution in [1.29, 1.82) is 0 Å². The largest absolute Gasteiger partial charge is 0.478 e. The van der Waals surface area contributed by atoms with E-state index in [-0.39, 0.29) is 17.5 Å². The first-order valence-electron chi connectivity index (χ1n) is 10.6. The summed E-state index contributed by atoms with van der Waals surface area (Å²) in [7, 11) is -3.26. The Kier molecular flexibility index (Phi) is 5.39. The van der Waals surface area contributed by atoms with Crippen LogP contribution in [0.3, 0.4) is 0 Å². The molecule has 0 aromatic heterocycles. The molecule has 2 N–H and O–H groups in total. The van der Waals surface area contributed by atoms with Crippen molar-refractivity contribution in [3.63, 3.8) is 0 Å². The van der Waals surface area contributed by atoms with Gasteiger partial charge in [0.15, 0.2) is 5.60 Å². The maximum absolute atomic E-state index is 13.2. The molecular formula is C22H31ClN2O4S. The second kappa shape index (κ2) is 7.38. The van der Waals surface area contributed by atoms with Crippen LogP contribution in [0.5, 0.6) is 5.75 Å². The highest BCUT2D eigenvalue weighted by Crippen LogP contribution is 2.56. The molecule has 1 aromatic rings. The van der Waals surface area contributed by atoms with Crippen molar-refractivity contribution < 1.29 is 17.9 Å². The van der Waals surface area contributed by atoms with Gasteiger partial charge in [0.25, 0.3) is 5.91 Å². The van der Waals surface area contributed by atoms with Gasteiger partial charge in [-0.1, -0.05) is 11.6 Å². The number of carbonyl (C=O) groups is 1. The molecule has 4 aliphatic rings. The van der Waals surface area contributed by atoms with E-state index >= 15 is 0 Å². The average Bonchev–Trinajstić information content (AvgIpc) is 2.57. The Hall–Kier alpha value is -1.31. The van der Waals surface area contributed by atoms with Crippen molar-refractivity contribution in [2.45, 2.75) is 70.1 Å². The lowest BCUT2D eigenvalue weighted by atomic mass is 9.51. The number of hydrogen-bond donors (Lipinski definition) is 2. The van der Waals surface area contributed by atoms with Gasteiger partial charge in [0.2, 0.25) is 10.0 Å². The Morgan fingerprint density at radius 1 is 1.20 bits per heavy atom. The summed E-state index contributed by atoms with van der Waals surface area (Å²) in [5.41, 5.74) is -0.486. The van der Waals surface area contributed by atoms with Gasteiger partial charge in [0.1, 0.15) is 5.75 Å².